The highest BCUT2D eigenvalue weighted by atomic mass is 35.5. The Labute approximate surface area is 122 Å². The van der Waals surface area contributed by atoms with Crippen LogP contribution in [0.1, 0.15) is 22.7 Å². The van der Waals surface area contributed by atoms with Gasteiger partial charge in [-0.15, -0.1) is 0 Å². The number of hydrogen-bond acceptors (Lipinski definition) is 1. The molecule has 0 saturated heterocycles. The monoisotopic (exact) mass is 295 g/mol. The molecule has 2 aromatic carbocycles. The first-order chi connectivity index (χ1) is 9.52. The fourth-order valence-corrected chi connectivity index (χ4v) is 2.49. The van der Waals surface area contributed by atoms with Crippen LogP contribution in [0.4, 0.5) is 8.78 Å². The summed E-state index contributed by atoms with van der Waals surface area (Å²) < 4.78 is 26.9. The lowest BCUT2D eigenvalue weighted by Gasteiger charge is -2.19. The van der Waals surface area contributed by atoms with E-state index in [0.29, 0.717) is 12.0 Å². The molecular formula is C16H16ClF2N. The van der Waals surface area contributed by atoms with Gasteiger partial charge in [0.1, 0.15) is 11.6 Å². The smallest absolute Gasteiger partial charge is 0.142 e. The molecule has 0 radical (unpaired) electrons. The number of benzene rings is 2. The Morgan fingerprint density at radius 2 is 1.95 bits per heavy atom. The fraction of sp³-hybridized carbons (Fsp3) is 0.250. The Balaban J connectivity index is 2.34. The molecule has 0 aliphatic rings. The average molecular weight is 296 g/mol. The Morgan fingerprint density at radius 1 is 1.20 bits per heavy atom. The van der Waals surface area contributed by atoms with E-state index in [-0.39, 0.29) is 16.9 Å². The molecule has 0 aliphatic carbocycles. The van der Waals surface area contributed by atoms with Crippen molar-refractivity contribution in [1.82, 2.24) is 5.32 Å². The molecule has 106 valence electrons. The van der Waals surface area contributed by atoms with Gasteiger partial charge in [-0.2, -0.15) is 0 Å². The van der Waals surface area contributed by atoms with Crippen LogP contribution in [0.25, 0.3) is 0 Å². The summed E-state index contributed by atoms with van der Waals surface area (Å²) in [5.74, 6) is -0.717. The first-order valence-corrected chi connectivity index (χ1v) is 6.77. The van der Waals surface area contributed by atoms with Crippen LogP contribution in [0, 0.1) is 18.6 Å². The van der Waals surface area contributed by atoms with Crippen molar-refractivity contribution in [1.29, 1.82) is 0 Å². The van der Waals surface area contributed by atoms with Crippen LogP contribution in [0.5, 0.6) is 0 Å². The Bertz CT molecular complexity index is 613. The van der Waals surface area contributed by atoms with Crippen LogP contribution in [-0.2, 0) is 6.42 Å². The van der Waals surface area contributed by atoms with Gasteiger partial charge in [-0.1, -0.05) is 29.8 Å². The van der Waals surface area contributed by atoms with Crippen LogP contribution in [-0.4, -0.2) is 7.05 Å². The predicted octanol–water partition coefficient (Wildman–Crippen LogP) is 4.43. The maximum Gasteiger partial charge on any atom is 0.142 e. The van der Waals surface area contributed by atoms with Crippen LogP contribution < -0.4 is 5.32 Å². The molecule has 1 unspecified atom stereocenters. The Kier molecular flexibility index (Phi) is 4.73. The van der Waals surface area contributed by atoms with E-state index in [0.717, 1.165) is 11.1 Å². The lowest BCUT2D eigenvalue weighted by molar-refractivity contribution is 0.571. The second-order valence-corrected chi connectivity index (χ2v) is 5.14. The molecule has 0 fully saturated rings. The van der Waals surface area contributed by atoms with Gasteiger partial charge in [-0.05, 0) is 55.3 Å². The normalized spacial score (nSPS) is 12.4. The van der Waals surface area contributed by atoms with Crippen LogP contribution in [0.3, 0.4) is 0 Å². The lowest BCUT2D eigenvalue weighted by atomic mass is 9.96. The number of rotatable bonds is 4. The second kappa shape index (κ2) is 6.33. The molecule has 1 atom stereocenters. The number of aryl methyl sites for hydroxylation is 1. The molecule has 0 spiro atoms. The first-order valence-electron chi connectivity index (χ1n) is 6.39. The van der Waals surface area contributed by atoms with Gasteiger partial charge in [0.2, 0.25) is 0 Å². The SMILES string of the molecule is CNC(Cc1cc(F)ccc1C)c1cccc(F)c1Cl. The minimum atomic E-state index is -0.444. The van der Waals surface area contributed by atoms with E-state index in [4.69, 9.17) is 11.6 Å². The first kappa shape index (κ1) is 14.9. The van der Waals surface area contributed by atoms with Gasteiger partial charge in [0.25, 0.3) is 0 Å². The van der Waals surface area contributed by atoms with Gasteiger partial charge < -0.3 is 5.32 Å². The molecule has 0 amide bonds. The van der Waals surface area contributed by atoms with E-state index in [1.165, 1.54) is 18.2 Å². The van der Waals surface area contributed by atoms with Crippen molar-refractivity contribution in [2.75, 3.05) is 7.05 Å². The van der Waals surface area contributed by atoms with Gasteiger partial charge in [0, 0.05) is 6.04 Å². The van der Waals surface area contributed by atoms with E-state index in [2.05, 4.69) is 5.32 Å². The molecule has 0 aliphatic heterocycles. The highest BCUT2D eigenvalue weighted by Crippen LogP contribution is 2.28. The number of hydrogen-bond donors (Lipinski definition) is 1. The summed E-state index contributed by atoms with van der Waals surface area (Å²) in [6.45, 7) is 1.93. The standard InChI is InChI=1S/C16H16ClF2N/c1-10-6-7-12(18)8-11(10)9-15(20-2)13-4-3-5-14(19)16(13)17/h3-8,15,20H,9H2,1-2H3. The van der Waals surface area contributed by atoms with Crippen molar-refractivity contribution < 1.29 is 8.78 Å². The van der Waals surface area contributed by atoms with E-state index < -0.39 is 5.82 Å². The third kappa shape index (κ3) is 3.17. The van der Waals surface area contributed by atoms with Gasteiger partial charge in [0.15, 0.2) is 0 Å². The molecule has 0 aromatic heterocycles. The van der Waals surface area contributed by atoms with Crippen LogP contribution in [0.15, 0.2) is 36.4 Å². The maximum atomic E-state index is 13.5. The van der Waals surface area contributed by atoms with Crippen molar-refractivity contribution in [2.24, 2.45) is 0 Å². The summed E-state index contributed by atoms with van der Waals surface area (Å²) >= 11 is 6.01. The molecule has 2 aromatic rings. The quantitative estimate of drug-likeness (QED) is 0.880. The molecular weight excluding hydrogens is 280 g/mol. The number of likely N-dealkylation sites (N-methyl/N-ethyl adjacent to an activating group) is 1. The second-order valence-electron chi connectivity index (χ2n) is 4.76. The minimum absolute atomic E-state index is 0.112. The summed E-state index contributed by atoms with van der Waals surface area (Å²) in [5.41, 5.74) is 2.56. The van der Waals surface area contributed by atoms with Gasteiger partial charge in [0.05, 0.1) is 5.02 Å². The third-order valence-electron chi connectivity index (χ3n) is 3.44. The van der Waals surface area contributed by atoms with E-state index in [1.54, 1.807) is 25.2 Å². The highest BCUT2D eigenvalue weighted by Gasteiger charge is 2.17. The zero-order chi connectivity index (χ0) is 14.7. The molecule has 20 heavy (non-hydrogen) atoms. The zero-order valence-electron chi connectivity index (χ0n) is 11.4. The molecule has 2 rings (SSSR count). The van der Waals surface area contributed by atoms with E-state index >= 15 is 0 Å². The Morgan fingerprint density at radius 3 is 2.65 bits per heavy atom. The van der Waals surface area contributed by atoms with Crippen molar-refractivity contribution in [3.8, 4) is 0 Å². The summed E-state index contributed by atoms with van der Waals surface area (Å²) in [6, 6.07) is 9.24. The Hall–Kier alpha value is -1.45. The maximum absolute atomic E-state index is 13.5. The molecule has 4 heteroatoms. The molecule has 0 bridgehead atoms. The molecule has 0 saturated carbocycles. The van der Waals surface area contributed by atoms with Crippen molar-refractivity contribution in [3.63, 3.8) is 0 Å². The van der Waals surface area contributed by atoms with Crippen molar-refractivity contribution in [2.45, 2.75) is 19.4 Å². The average Bonchev–Trinajstić information content (AvgIpc) is 2.43. The van der Waals surface area contributed by atoms with Crippen molar-refractivity contribution in [3.05, 3.63) is 69.7 Å². The highest BCUT2D eigenvalue weighted by molar-refractivity contribution is 6.31. The molecule has 1 nitrogen and oxygen atoms in total. The van der Waals surface area contributed by atoms with Crippen molar-refractivity contribution >= 4 is 11.6 Å². The lowest BCUT2D eigenvalue weighted by Crippen LogP contribution is -2.20. The van der Waals surface area contributed by atoms with E-state index in [9.17, 15) is 8.78 Å². The molecule has 0 heterocycles. The summed E-state index contributed by atoms with van der Waals surface area (Å²) in [6.07, 6.45) is 0.545. The number of nitrogens with one attached hydrogen (secondary N) is 1. The van der Waals surface area contributed by atoms with Gasteiger partial charge in [-0.25, -0.2) is 8.78 Å². The zero-order valence-corrected chi connectivity index (χ0v) is 12.1. The van der Waals surface area contributed by atoms with Crippen LogP contribution >= 0.6 is 11.6 Å². The third-order valence-corrected chi connectivity index (χ3v) is 3.84. The summed E-state index contributed by atoms with van der Waals surface area (Å²) in [5, 5.41) is 3.22. The van der Waals surface area contributed by atoms with E-state index in [1.807, 2.05) is 6.92 Å². The topological polar surface area (TPSA) is 12.0 Å². The summed E-state index contributed by atoms with van der Waals surface area (Å²) in [4.78, 5) is 0. The largest absolute Gasteiger partial charge is 0.313 e. The minimum Gasteiger partial charge on any atom is -0.313 e. The predicted molar refractivity (Wildman–Crippen MR) is 78.1 cm³/mol. The van der Waals surface area contributed by atoms with Gasteiger partial charge in [-0.3, -0.25) is 0 Å². The van der Waals surface area contributed by atoms with Crippen LogP contribution in [0.2, 0.25) is 5.02 Å². The summed E-state index contributed by atoms with van der Waals surface area (Å²) in [7, 11) is 1.78. The fourth-order valence-electron chi connectivity index (χ4n) is 2.24. The number of halogens is 3. The van der Waals surface area contributed by atoms with Gasteiger partial charge >= 0.3 is 0 Å². The molecule has 1 N–H and O–H groups in total.